The highest BCUT2D eigenvalue weighted by molar-refractivity contribution is 6.04. The standard InChI is InChI=1S/C22H19N3O3/c1-28-18-11-9-15(10-12-18)21-14-22(16-5-4-6-17(13-16)25(26)27)24-20-8-3-2-7-19(20)23-21/h2-13,22,24H,14H2,1H3. The molecule has 3 aromatic carbocycles. The second-order valence-electron chi connectivity index (χ2n) is 6.56. The molecule has 140 valence electrons. The molecular weight excluding hydrogens is 354 g/mol. The summed E-state index contributed by atoms with van der Waals surface area (Å²) in [6, 6.07) is 22.2. The van der Waals surface area contributed by atoms with E-state index in [0.717, 1.165) is 34.0 Å². The molecule has 1 N–H and O–H groups in total. The van der Waals surface area contributed by atoms with Crippen molar-refractivity contribution in [3.8, 4) is 5.75 Å². The lowest BCUT2D eigenvalue weighted by Gasteiger charge is -2.19. The lowest BCUT2D eigenvalue weighted by molar-refractivity contribution is -0.384. The molecule has 1 unspecified atom stereocenters. The number of rotatable bonds is 4. The molecule has 6 heteroatoms. The van der Waals surface area contributed by atoms with Gasteiger partial charge in [0.2, 0.25) is 0 Å². The maximum atomic E-state index is 11.2. The van der Waals surface area contributed by atoms with Crippen LogP contribution in [0.15, 0.2) is 77.8 Å². The SMILES string of the molecule is COc1ccc(C2=Nc3ccccc3NC(c3cccc([N+](=O)[O-])c3)C2)cc1. The van der Waals surface area contributed by atoms with Gasteiger partial charge in [-0.3, -0.25) is 15.1 Å². The van der Waals surface area contributed by atoms with Crippen molar-refractivity contribution < 1.29 is 9.66 Å². The molecule has 0 saturated heterocycles. The molecule has 0 radical (unpaired) electrons. The maximum absolute atomic E-state index is 11.2. The van der Waals surface area contributed by atoms with Gasteiger partial charge in [-0.15, -0.1) is 0 Å². The molecule has 0 aliphatic carbocycles. The molecule has 0 amide bonds. The summed E-state index contributed by atoms with van der Waals surface area (Å²) >= 11 is 0. The number of benzene rings is 3. The molecular formula is C22H19N3O3. The van der Waals surface area contributed by atoms with E-state index >= 15 is 0 Å². The van der Waals surface area contributed by atoms with Gasteiger partial charge in [0.25, 0.3) is 5.69 Å². The number of fused-ring (bicyclic) bond motifs is 1. The van der Waals surface area contributed by atoms with Crippen LogP contribution in [-0.4, -0.2) is 17.7 Å². The number of anilines is 1. The van der Waals surface area contributed by atoms with Gasteiger partial charge in [-0.2, -0.15) is 0 Å². The number of nitrogens with one attached hydrogen (secondary N) is 1. The summed E-state index contributed by atoms with van der Waals surface area (Å²) in [4.78, 5) is 15.7. The molecule has 0 spiro atoms. The summed E-state index contributed by atoms with van der Waals surface area (Å²) < 4.78 is 5.25. The topological polar surface area (TPSA) is 76.8 Å². The minimum Gasteiger partial charge on any atom is -0.497 e. The fraction of sp³-hybridized carbons (Fsp3) is 0.136. The van der Waals surface area contributed by atoms with Crippen molar-refractivity contribution in [3.63, 3.8) is 0 Å². The number of nitrogens with zero attached hydrogens (tertiary/aromatic N) is 2. The Morgan fingerprint density at radius 3 is 2.61 bits per heavy atom. The lowest BCUT2D eigenvalue weighted by Crippen LogP contribution is -2.14. The molecule has 0 fully saturated rings. The fourth-order valence-corrected chi connectivity index (χ4v) is 3.34. The highest BCUT2D eigenvalue weighted by Gasteiger charge is 2.22. The number of aliphatic imine (C=N–C) groups is 1. The molecule has 0 saturated carbocycles. The molecule has 1 heterocycles. The summed E-state index contributed by atoms with van der Waals surface area (Å²) in [6.07, 6.45) is 0.599. The van der Waals surface area contributed by atoms with Crippen molar-refractivity contribution in [3.05, 3.63) is 94.0 Å². The smallest absolute Gasteiger partial charge is 0.269 e. The molecule has 1 aliphatic heterocycles. The van der Waals surface area contributed by atoms with Crippen LogP contribution < -0.4 is 10.1 Å². The van der Waals surface area contributed by atoms with E-state index in [2.05, 4.69) is 5.32 Å². The van der Waals surface area contributed by atoms with Gasteiger partial charge in [-0.25, -0.2) is 0 Å². The Kier molecular flexibility index (Phi) is 4.76. The first-order chi connectivity index (χ1) is 13.6. The number of ether oxygens (including phenoxy) is 1. The van der Waals surface area contributed by atoms with Gasteiger partial charge >= 0.3 is 0 Å². The van der Waals surface area contributed by atoms with E-state index in [9.17, 15) is 10.1 Å². The average Bonchev–Trinajstić information content (AvgIpc) is 2.93. The van der Waals surface area contributed by atoms with Crippen LogP contribution in [0.25, 0.3) is 0 Å². The highest BCUT2D eigenvalue weighted by Crippen LogP contribution is 2.36. The summed E-state index contributed by atoms with van der Waals surface area (Å²) in [6.45, 7) is 0. The van der Waals surface area contributed by atoms with Crippen LogP contribution in [0.5, 0.6) is 5.75 Å². The van der Waals surface area contributed by atoms with E-state index in [-0.39, 0.29) is 16.7 Å². The van der Waals surface area contributed by atoms with Gasteiger partial charge in [-0.1, -0.05) is 24.3 Å². The van der Waals surface area contributed by atoms with Crippen molar-refractivity contribution in [2.45, 2.75) is 12.5 Å². The van der Waals surface area contributed by atoms with Gasteiger partial charge in [0, 0.05) is 18.6 Å². The third kappa shape index (κ3) is 3.57. The van der Waals surface area contributed by atoms with Crippen molar-refractivity contribution >= 4 is 22.8 Å². The number of hydrogen-bond donors (Lipinski definition) is 1. The molecule has 0 aromatic heterocycles. The van der Waals surface area contributed by atoms with Gasteiger partial charge in [-0.05, 0) is 47.5 Å². The second-order valence-corrected chi connectivity index (χ2v) is 6.56. The van der Waals surface area contributed by atoms with Crippen molar-refractivity contribution in [2.75, 3.05) is 12.4 Å². The minimum absolute atomic E-state index is 0.0831. The molecule has 4 rings (SSSR count). The third-order valence-electron chi connectivity index (χ3n) is 4.79. The van der Waals surface area contributed by atoms with E-state index in [4.69, 9.17) is 9.73 Å². The van der Waals surface area contributed by atoms with Crippen LogP contribution >= 0.6 is 0 Å². The van der Waals surface area contributed by atoms with Crippen molar-refractivity contribution in [1.82, 2.24) is 0 Å². The number of nitro benzene ring substituents is 1. The van der Waals surface area contributed by atoms with E-state index in [1.165, 1.54) is 6.07 Å². The highest BCUT2D eigenvalue weighted by atomic mass is 16.6. The van der Waals surface area contributed by atoms with Crippen LogP contribution in [0.4, 0.5) is 17.1 Å². The fourth-order valence-electron chi connectivity index (χ4n) is 3.34. The van der Waals surface area contributed by atoms with Crippen molar-refractivity contribution in [1.29, 1.82) is 0 Å². The average molecular weight is 373 g/mol. The van der Waals surface area contributed by atoms with Gasteiger partial charge < -0.3 is 10.1 Å². The van der Waals surface area contributed by atoms with Crippen LogP contribution in [0.1, 0.15) is 23.6 Å². The molecule has 28 heavy (non-hydrogen) atoms. The van der Waals surface area contributed by atoms with Crippen LogP contribution in [0, 0.1) is 10.1 Å². The normalized spacial score (nSPS) is 15.6. The quantitative estimate of drug-likeness (QED) is 0.498. The van der Waals surface area contributed by atoms with E-state index in [1.54, 1.807) is 19.2 Å². The number of para-hydroxylation sites is 2. The summed E-state index contributed by atoms with van der Waals surface area (Å²) in [7, 11) is 1.64. The number of non-ortho nitro benzene ring substituents is 1. The summed E-state index contributed by atoms with van der Waals surface area (Å²) in [5.41, 5.74) is 4.60. The predicted molar refractivity (Wildman–Crippen MR) is 110 cm³/mol. The Morgan fingerprint density at radius 1 is 1.07 bits per heavy atom. The largest absolute Gasteiger partial charge is 0.497 e. The second kappa shape index (κ2) is 7.52. The van der Waals surface area contributed by atoms with Crippen LogP contribution in [0.2, 0.25) is 0 Å². The molecule has 6 nitrogen and oxygen atoms in total. The monoisotopic (exact) mass is 373 g/mol. The Bertz CT molecular complexity index is 1040. The van der Waals surface area contributed by atoms with E-state index < -0.39 is 0 Å². The maximum Gasteiger partial charge on any atom is 0.269 e. The molecule has 1 aliphatic rings. The summed E-state index contributed by atoms with van der Waals surface area (Å²) in [5, 5.41) is 14.7. The Morgan fingerprint density at radius 2 is 1.86 bits per heavy atom. The molecule has 0 bridgehead atoms. The zero-order chi connectivity index (χ0) is 19.5. The van der Waals surface area contributed by atoms with Gasteiger partial charge in [0.15, 0.2) is 0 Å². The number of methoxy groups -OCH3 is 1. The number of nitro groups is 1. The van der Waals surface area contributed by atoms with E-state index in [1.807, 2.05) is 54.6 Å². The first kappa shape index (κ1) is 17.7. The first-order valence-electron chi connectivity index (χ1n) is 8.96. The lowest BCUT2D eigenvalue weighted by atomic mass is 9.97. The van der Waals surface area contributed by atoms with E-state index in [0.29, 0.717) is 6.42 Å². The summed E-state index contributed by atoms with van der Waals surface area (Å²) in [5.74, 6) is 0.784. The number of hydrogen-bond acceptors (Lipinski definition) is 5. The Balaban J connectivity index is 1.77. The first-order valence-corrected chi connectivity index (χ1v) is 8.96. The Labute approximate surface area is 162 Å². The third-order valence-corrected chi connectivity index (χ3v) is 4.79. The molecule has 3 aromatic rings. The zero-order valence-corrected chi connectivity index (χ0v) is 15.3. The minimum atomic E-state index is -0.368. The molecule has 1 atom stereocenters. The van der Waals surface area contributed by atoms with Gasteiger partial charge in [0.1, 0.15) is 5.75 Å². The zero-order valence-electron chi connectivity index (χ0n) is 15.3. The predicted octanol–water partition coefficient (Wildman–Crippen LogP) is 5.28. The van der Waals surface area contributed by atoms with Crippen LogP contribution in [-0.2, 0) is 0 Å². The van der Waals surface area contributed by atoms with Gasteiger partial charge in [0.05, 0.1) is 35.2 Å². The van der Waals surface area contributed by atoms with Crippen molar-refractivity contribution in [2.24, 2.45) is 4.99 Å². The van der Waals surface area contributed by atoms with Crippen LogP contribution in [0.3, 0.4) is 0 Å². The Hall–Kier alpha value is -3.67.